The van der Waals surface area contributed by atoms with Crippen molar-refractivity contribution in [1.29, 1.82) is 0 Å². The number of aliphatic imine (C=N–C) groups is 1. The summed E-state index contributed by atoms with van der Waals surface area (Å²) in [5.41, 5.74) is 0. The SMILES string of the molecule is C/C=C/C[Si](CC=NCCCCCCCCCC[Si](C/C=C/C)(CCC)CCC)(CCC)CCC. The summed E-state index contributed by atoms with van der Waals surface area (Å²) in [5, 5.41) is 0. The van der Waals surface area contributed by atoms with Crippen LogP contribution in [-0.2, 0) is 0 Å². The number of rotatable bonds is 25. The Morgan fingerprint density at radius 2 is 0.914 bits per heavy atom. The van der Waals surface area contributed by atoms with Crippen LogP contribution in [0.4, 0.5) is 0 Å². The molecule has 0 aliphatic carbocycles. The van der Waals surface area contributed by atoms with Gasteiger partial charge in [0.2, 0.25) is 0 Å². The third-order valence-electron chi connectivity index (χ3n) is 8.09. The molecule has 206 valence electrons. The third-order valence-corrected chi connectivity index (χ3v) is 19.0. The third kappa shape index (κ3) is 17.6. The van der Waals surface area contributed by atoms with E-state index >= 15 is 0 Å². The molecule has 3 heteroatoms. The van der Waals surface area contributed by atoms with Crippen molar-refractivity contribution < 1.29 is 0 Å². The summed E-state index contributed by atoms with van der Waals surface area (Å²) in [6.07, 6.45) is 28.6. The average molecular weight is 520 g/mol. The van der Waals surface area contributed by atoms with E-state index in [1.807, 2.05) is 0 Å². The van der Waals surface area contributed by atoms with Gasteiger partial charge in [-0.15, -0.1) is 0 Å². The Labute approximate surface area is 224 Å². The van der Waals surface area contributed by atoms with E-state index in [-0.39, 0.29) is 0 Å². The fourth-order valence-electron chi connectivity index (χ4n) is 6.27. The summed E-state index contributed by atoms with van der Waals surface area (Å²) in [7, 11) is -2.22. The second-order valence-electron chi connectivity index (χ2n) is 11.4. The van der Waals surface area contributed by atoms with Gasteiger partial charge < -0.3 is 0 Å². The second kappa shape index (κ2) is 24.0. The molecule has 0 unspecified atom stereocenters. The van der Waals surface area contributed by atoms with Gasteiger partial charge in [-0.25, -0.2) is 0 Å². The Bertz CT molecular complexity index is 526. The lowest BCUT2D eigenvalue weighted by Crippen LogP contribution is -2.33. The van der Waals surface area contributed by atoms with E-state index in [0.717, 1.165) is 6.54 Å². The van der Waals surface area contributed by atoms with Crippen LogP contribution in [0.1, 0.15) is 119 Å². The first-order valence-corrected chi connectivity index (χ1v) is 21.4. The monoisotopic (exact) mass is 519 g/mol. The van der Waals surface area contributed by atoms with Gasteiger partial charge in [-0.2, -0.15) is 0 Å². The van der Waals surface area contributed by atoms with Crippen LogP contribution in [0.15, 0.2) is 29.3 Å². The Morgan fingerprint density at radius 1 is 0.486 bits per heavy atom. The summed E-state index contributed by atoms with van der Waals surface area (Å²) in [6, 6.07) is 11.7. The van der Waals surface area contributed by atoms with Crippen LogP contribution in [-0.4, -0.2) is 28.9 Å². The molecule has 1 nitrogen and oxygen atoms in total. The number of hydrogen-bond acceptors (Lipinski definition) is 1. The first-order chi connectivity index (χ1) is 17.1. The first-order valence-electron chi connectivity index (χ1n) is 15.8. The summed E-state index contributed by atoms with van der Waals surface area (Å²) in [4.78, 5) is 4.85. The van der Waals surface area contributed by atoms with Gasteiger partial charge in [-0.1, -0.05) is 153 Å². The van der Waals surface area contributed by atoms with Crippen molar-refractivity contribution in [1.82, 2.24) is 0 Å². The largest absolute Gasteiger partial charge is 0.298 e. The van der Waals surface area contributed by atoms with Crippen molar-refractivity contribution in [3.8, 4) is 0 Å². The van der Waals surface area contributed by atoms with Crippen molar-refractivity contribution in [2.45, 2.75) is 167 Å². The lowest BCUT2D eigenvalue weighted by atomic mass is 10.1. The number of unbranched alkanes of at least 4 members (excludes halogenated alkanes) is 7. The van der Waals surface area contributed by atoms with Crippen LogP contribution in [0.25, 0.3) is 0 Å². The Kier molecular flexibility index (Phi) is 23.7. The molecule has 0 bridgehead atoms. The lowest BCUT2D eigenvalue weighted by molar-refractivity contribution is 0.577. The maximum Gasteiger partial charge on any atom is 0.0626 e. The number of hydrogen-bond donors (Lipinski definition) is 0. The van der Waals surface area contributed by atoms with Gasteiger partial charge >= 0.3 is 0 Å². The summed E-state index contributed by atoms with van der Waals surface area (Å²) >= 11 is 0. The van der Waals surface area contributed by atoms with Crippen LogP contribution in [0.3, 0.4) is 0 Å². The van der Waals surface area contributed by atoms with Gasteiger partial charge in [-0.3, -0.25) is 4.99 Å². The van der Waals surface area contributed by atoms with Crippen LogP contribution in [0.5, 0.6) is 0 Å². The zero-order valence-corrected chi connectivity index (χ0v) is 27.2. The van der Waals surface area contributed by atoms with Gasteiger partial charge in [0.25, 0.3) is 0 Å². The molecule has 0 aromatic carbocycles. The van der Waals surface area contributed by atoms with E-state index in [9.17, 15) is 0 Å². The van der Waals surface area contributed by atoms with E-state index < -0.39 is 16.1 Å². The Balaban J connectivity index is 4.03. The maximum absolute atomic E-state index is 4.85. The highest BCUT2D eigenvalue weighted by molar-refractivity contribution is 6.82. The molecule has 0 aromatic heterocycles. The minimum Gasteiger partial charge on any atom is -0.298 e. The second-order valence-corrected chi connectivity index (χ2v) is 21.1. The minimum atomic E-state index is -1.18. The molecule has 0 N–H and O–H groups in total. The molecular weight excluding hydrogens is 455 g/mol. The fraction of sp³-hybridized carbons (Fsp3) is 0.844. The highest BCUT2D eigenvalue weighted by Gasteiger charge is 2.29. The molecule has 0 aliphatic heterocycles. The van der Waals surface area contributed by atoms with Crippen molar-refractivity contribution in [2.24, 2.45) is 4.99 Å². The van der Waals surface area contributed by atoms with Crippen molar-refractivity contribution in [2.75, 3.05) is 6.54 Å². The molecule has 0 aliphatic rings. The van der Waals surface area contributed by atoms with E-state index in [1.165, 1.54) is 107 Å². The quantitative estimate of drug-likeness (QED) is 0.0492. The zero-order chi connectivity index (χ0) is 26.1. The molecule has 0 amide bonds. The topological polar surface area (TPSA) is 12.4 Å². The number of allylic oxidation sites excluding steroid dienone is 4. The van der Waals surface area contributed by atoms with Gasteiger partial charge in [0.1, 0.15) is 0 Å². The summed E-state index contributed by atoms with van der Waals surface area (Å²) in [6.45, 7) is 15.0. The van der Waals surface area contributed by atoms with Crippen molar-refractivity contribution in [3.05, 3.63) is 24.3 Å². The molecule has 35 heavy (non-hydrogen) atoms. The van der Waals surface area contributed by atoms with Crippen molar-refractivity contribution >= 4 is 22.4 Å². The fourth-order valence-corrected chi connectivity index (χ4v) is 16.1. The van der Waals surface area contributed by atoms with Crippen LogP contribution in [0.2, 0.25) is 48.4 Å². The number of nitrogens with zero attached hydrogens (tertiary/aromatic N) is 1. The van der Waals surface area contributed by atoms with E-state index in [0.29, 0.717) is 0 Å². The van der Waals surface area contributed by atoms with Gasteiger partial charge in [0, 0.05) is 6.54 Å². The van der Waals surface area contributed by atoms with E-state index in [2.05, 4.69) is 72.1 Å². The van der Waals surface area contributed by atoms with Gasteiger partial charge in [0.15, 0.2) is 0 Å². The smallest absolute Gasteiger partial charge is 0.0626 e. The minimum absolute atomic E-state index is 1.04. The molecule has 0 atom stereocenters. The van der Waals surface area contributed by atoms with Gasteiger partial charge in [-0.05, 0) is 44.6 Å². The standard InChI is InChI=1S/C32H65NSi2/c1-7-13-29-34(25-9-3,26-10-4)31-22-20-18-16-15-17-19-21-23-33-24-32-35(27-11-5,28-12-6)30-14-8-2/h7-8,13-14,24H,9-12,15-23,25-32H2,1-6H3/b13-7+,14-8+,33-24?. The lowest BCUT2D eigenvalue weighted by Gasteiger charge is -2.30. The molecule has 0 spiro atoms. The van der Waals surface area contributed by atoms with Gasteiger partial charge in [0.05, 0.1) is 16.1 Å². The molecule has 0 aromatic rings. The van der Waals surface area contributed by atoms with E-state index in [1.54, 1.807) is 18.1 Å². The molecule has 0 heterocycles. The highest BCUT2D eigenvalue weighted by atomic mass is 28.3. The normalized spacial score (nSPS) is 13.2. The average Bonchev–Trinajstić information content (AvgIpc) is 2.85. The predicted molar refractivity (Wildman–Crippen MR) is 171 cm³/mol. The van der Waals surface area contributed by atoms with Crippen LogP contribution >= 0.6 is 0 Å². The molecule has 0 fully saturated rings. The zero-order valence-electron chi connectivity index (χ0n) is 25.2. The molecule has 0 saturated carbocycles. The van der Waals surface area contributed by atoms with Crippen LogP contribution < -0.4 is 0 Å². The van der Waals surface area contributed by atoms with Crippen LogP contribution in [0, 0.1) is 0 Å². The molecule has 0 rings (SSSR count). The molecular formula is C32H65NSi2. The maximum atomic E-state index is 4.85. The van der Waals surface area contributed by atoms with E-state index in [4.69, 9.17) is 4.99 Å². The molecule has 0 saturated heterocycles. The highest BCUT2D eigenvalue weighted by Crippen LogP contribution is 2.32. The Morgan fingerprint density at radius 3 is 1.40 bits per heavy atom. The summed E-state index contributed by atoms with van der Waals surface area (Å²) < 4.78 is 0. The summed E-state index contributed by atoms with van der Waals surface area (Å²) in [5.74, 6) is 0. The predicted octanol–water partition coefficient (Wildman–Crippen LogP) is 11.9. The Hall–Kier alpha value is -0.416. The first kappa shape index (κ1) is 34.6. The molecule has 0 radical (unpaired) electrons. The van der Waals surface area contributed by atoms with Crippen molar-refractivity contribution in [3.63, 3.8) is 0 Å².